The summed E-state index contributed by atoms with van der Waals surface area (Å²) in [7, 11) is -1.87. The number of nitrogens with one attached hydrogen (secondary N) is 2. The Morgan fingerprint density at radius 1 is 1.32 bits per heavy atom. The maximum absolute atomic E-state index is 11.3. The monoisotopic (exact) mass is 500 g/mol. The molecule has 0 unspecified atom stereocenters. The maximum atomic E-state index is 11.3. The third-order valence-corrected chi connectivity index (χ3v) is 7.15. The molecular formula is C16H29IN4O2S2. The van der Waals surface area contributed by atoms with Gasteiger partial charge in [0.2, 0.25) is 10.0 Å². The maximum Gasteiger partial charge on any atom is 0.247 e. The van der Waals surface area contributed by atoms with Crippen molar-refractivity contribution in [3.05, 3.63) is 17.0 Å². The lowest BCUT2D eigenvalue weighted by Crippen LogP contribution is -2.44. The van der Waals surface area contributed by atoms with Gasteiger partial charge in [0.1, 0.15) is 4.21 Å². The van der Waals surface area contributed by atoms with Crippen LogP contribution in [0.1, 0.15) is 44.4 Å². The number of hydrogen-bond acceptors (Lipinski definition) is 4. The summed E-state index contributed by atoms with van der Waals surface area (Å²) in [4.78, 5) is 5.17. The third-order valence-electron chi connectivity index (χ3n) is 4.63. The average molecular weight is 500 g/mol. The van der Waals surface area contributed by atoms with E-state index in [9.17, 15) is 8.42 Å². The minimum absolute atomic E-state index is 0. The lowest BCUT2D eigenvalue weighted by molar-refractivity contribution is 0.250. The predicted octanol–water partition coefficient (Wildman–Crippen LogP) is 2.89. The fourth-order valence-corrected chi connectivity index (χ4v) is 4.81. The number of nitrogens with two attached hydrogens (primary N) is 1. The molecule has 0 aliphatic heterocycles. The number of aliphatic imine (C=N–C) groups is 1. The van der Waals surface area contributed by atoms with Gasteiger partial charge in [-0.05, 0) is 49.7 Å². The van der Waals surface area contributed by atoms with E-state index in [1.165, 1.54) is 24.2 Å². The van der Waals surface area contributed by atoms with Gasteiger partial charge in [0.05, 0.1) is 6.54 Å². The fourth-order valence-electron chi connectivity index (χ4n) is 3.10. The minimum atomic E-state index is -3.62. The third kappa shape index (κ3) is 7.03. The van der Waals surface area contributed by atoms with Crippen LogP contribution in [0.2, 0.25) is 0 Å². The van der Waals surface area contributed by atoms with Crippen LogP contribution in [0.15, 0.2) is 21.3 Å². The number of sulfonamides is 1. The SMILES string of the molecule is CN=C(NCc1ccc(S(N)(=O)=O)s1)NC1CCC(C(C)C)CC1.I. The molecule has 0 aromatic carbocycles. The van der Waals surface area contributed by atoms with Crippen LogP contribution in [-0.4, -0.2) is 27.5 Å². The Morgan fingerprint density at radius 2 is 1.96 bits per heavy atom. The molecule has 1 aliphatic rings. The van der Waals surface area contributed by atoms with Gasteiger partial charge in [-0.2, -0.15) is 0 Å². The van der Waals surface area contributed by atoms with E-state index in [1.807, 2.05) is 0 Å². The first-order valence-corrected chi connectivity index (χ1v) is 10.7. The van der Waals surface area contributed by atoms with Gasteiger partial charge < -0.3 is 10.6 Å². The molecular weight excluding hydrogens is 471 g/mol. The van der Waals surface area contributed by atoms with Gasteiger partial charge in [-0.15, -0.1) is 35.3 Å². The lowest BCUT2D eigenvalue weighted by atomic mass is 9.80. The van der Waals surface area contributed by atoms with Crippen LogP contribution in [0.5, 0.6) is 0 Å². The van der Waals surface area contributed by atoms with Gasteiger partial charge in [-0.3, -0.25) is 4.99 Å². The summed E-state index contributed by atoms with van der Waals surface area (Å²) in [6, 6.07) is 3.77. The second-order valence-electron chi connectivity index (χ2n) is 6.69. The molecule has 2 rings (SSSR count). The van der Waals surface area contributed by atoms with Gasteiger partial charge in [-0.25, -0.2) is 13.6 Å². The molecule has 0 bridgehead atoms. The Hall–Kier alpha value is -0.390. The Bertz CT molecular complexity index is 665. The summed E-state index contributed by atoms with van der Waals surface area (Å²) >= 11 is 1.18. The fraction of sp³-hybridized carbons (Fsp3) is 0.688. The topological polar surface area (TPSA) is 96.6 Å². The number of rotatable bonds is 5. The normalized spacial score (nSPS) is 21.7. The summed E-state index contributed by atoms with van der Waals surface area (Å²) in [5.41, 5.74) is 0. The number of hydrogen-bond donors (Lipinski definition) is 3. The molecule has 1 fully saturated rings. The second kappa shape index (κ2) is 10.1. The van der Waals surface area contributed by atoms with Gasteiger partial charge >= 0.3 is 0 Å². The molecule has 0 radical (unpaired) electrons. The molecule has 1 heterocycles. The van der Waals surface area contributed by atoms with Crippen molar-refractivity contribution < 1.29 is 8.42 Å². The van der Waals surface area contributed by atoms with E-state index in [1.54, 1.807) is 19.2 Å². The highest BCUT2D eigenvalue weighted by molar-refractivity contribution is 14.0. The summed E-state index contributed by atoms with van der Waals surface area (Å²) in [5, 5.41) is 11.9. The summed E-state index contributed by atoms with van der Waals surface area (Å²) in [6.45, 7) is 5.13. The molecule has 4 N–H and O–H groups in total. The average Bonchev–Trinajstić information content (AvgIpc) is 3.01. The molecule has 0 saturated heterocycles. The first kappa shape index (κ1) is 22.7. The van der Waals surface area contributed by atoms with E-state index in [0.717, 1.165) is 35.5 Å². The van der Waals surface area contributed by atoms with Crippen molar-refractivity contribution >= 4 is 51.3 Å². The molecule has 6 nitrogen and oxygen atoms in total. The number of thiophene rings is 1. The predicted molar refractivity (Wildman–Crippen MR) is 115 cm³/mol. The molecule has 144 valence electrons. The Balaban J connectivity index is 0.00000312. The van der Waals surface area contributed by atoms with Crippen LogP contribution < -0.4 is 15.8 Å². The van der Waals surface area contributed by atoms with E-state index in [2.05, 4.69) is 29.5 Å². The van der Waals surface area contributed by atoms with Gasteiger partial charge in [0, 0.05) is 18.0 Å². The molecule has 0 amide bonds. The molecule has 1 aromatic heterocycles. The Kier molecular flexibility index (Phi) is 9.13. The second-order valence-corrected chi connectivity index (χ2v) is 9.65. The van der Waals surface area contributed by atoms with Crippen molar-refractivity contribution in [2.24, 2.45) is 22.0 Å². The van der Waals surface area contributed by atoms with Crippen molar-refractivity contribution in [2.75, 3.05) is 7.05 Å². The molecule has 9 heteroatoms. The van der Waals surface area contributed by atoms with Crippen LogP contribution in [-0.2, 0) is 16.6 Å². The van der Waals surface area contributed by atoms with E-state index in [-0.39, 0.29) is 28.2 Å². The van der Waals surface area contributed by atoms with Gasteiger partial charge in [0.15, 0.2) is 5.96 Å². The Labute approximate surface area is 172 Å². The first-order valence-electron chi connectivity index (χ1n) is 8.38. The van der Waals surface area contributed by atoms with Crippen molar-refractivity contribution in [1.82, 2.24) is 10.6 Å². The van der Waals surface area contributed by atoms with Crippen LogP contribution in [0.25, 0.3) is 0 Å². The molecule has 1 aliphatic carbocycles. The molecule has 1 aromatic rings. The highest BCUT2D eigenvalue weighted by atomic mass is 127. The smallest absolute Gasteiger partial charge is 0.247 e. The lowest BCUT2D eigenvalue weighted by Gasteiger charge is -2.32. The molecule has 0 spiro atoms. The van der Waals surface area contributed by atoms with Crippen molar-refractivity contribution in [1.29, 1.82) is 0 Å². The van der Waals surface area contributed by atoms with E-state index >= 15 is 0 Å². The number of guanidine groups is 1. The zero-order valence-corrected chi connectivity index (χ0v) is 19.0. The number of halogens is 1. The Morgan fingerprint density at radius 3 is 2.44 bits per heavy atom. The van der Waals surface area contributed by atoms with E-state index in [0.29, 0.717) is 12.6 Å². The number of nitrogens with zero attached hydrogens (tertiary/aromatic N) is 1. The van der Waals surface area contributed by atoms with Crippen LogP contribution >= 0.6 is 35.3 Å². The number of primary sulfonamides is 1. The van der Waals surface area contributed by atoms with E-state index < -0.39 is 10.0 Å². The summed E-state index contributed by atoms with van der Waals surface area (Å²) in [6.07, 6.45) is 4.85. The van der Waals surface area contributed by atoms with Crippen molar-refractivity contribution in [3.8, 4) is 0 Å². The van der Waals surface area contributed by atoms with E-state index in [4.69, 9.17) is 5.14 Å². The zero-order valence-electron chi connectivity index (χ0n) is 15.0. The first-order chi connectivity index (χ1) is 11.3. The van der Waals surface area contributed by atoms with Crippen molar-refractivity contribution in [2.45, 2.75) is 56.3 Å². The standard InChI is InChI=1S/C16H28N4O2S2.HI/c1-11(2)12-4-6-13(7-5-12)20-16(18-3)19-10-14-8-9-15(23-14)24(17,21)22;/h8-9,11-13H,4-7,10H2,1-3H3,(H2,17,21,22)(H2,18,19,20);1H. The quantitative estimate of drug-likeness (QED) is 0.329. The molecule has 25 heavy (non-hydrogen) atoms. The van der Waals surface area contributed by atoms with Crippen LogP contribution in [0, 0.1) is 11.8 Å². The van der Waals surface area contributed by atoms with Gasteiger partial charge in [-0.1, -0.05) is 13.8 Å². The zero-order chi connectivity index (χ0) is 17.7. The highest BCUT2D eigenvalue weighted by Crippen LogP contribution is 2.29. The largest absolute Gasteiger partial charge is 0.354 e. The summed E-state index contributed by atoms with van der Waals surface area (Å²) in [5.74, 6) is 2.35. The molecule has 1 saturated carbocycles. The molecule has 0 atom stereocenters. The highest BCUT2D eigenvalue weighted by Gasteiger charge is 2.23. The minimum Gasteiger partial charge on any atom is -0.354 e. The summed E-state index contributed by atoms with van der Waals surface area (Å²) < 4.78 is 22.8. The van der Waals surface area contributed by atoms with Crippen molar-refractivity contribution in [3.63, 3.8) is 0 Å². The van der Waals surface area contributed by atoms with Gasteiger partial charge in [0.25, 0.3) is 0 Å². The van der Waals surface area contributed by atoms with Crippen LogP contribution in [0.4, 0.5) is 0 Å². The van der Waals surface area contributed by atoms with Crippen LogP contribution in [0.3, 0.4) is 0 Å².